The van der Waals surface area contributed by atoms with Crippen molar-refractivity contribution in [2.45, 2.75) is 31.7 Å². The van der Waals surface area contributed by atoms with E-state index < -0.39 is 5.54 Å². The van der Waals surface area contributed by atoms with Gasteiger partial charge in [-0.2, -0.15) is 0 Å². The molecule has 0 spiro atoms. The van der Waals surface area contributed by atoms with E-state index in [4.69, 9.17) is 27.9 Å². The van der Waals surface area contributed by atoms with Crippen LogP contribution in [0.15, 0.2) is 24.3 Å². The van der Waals surface area contributed by atoms with E-state index in [1.807, 2.05) is 20.8 Å². The van der Waals surface area contributed by atoms with Crippen LogP contribution < -0.4 is 10.1 Å². The predicted molar refractivity (Wildman–Crippen MR) is 74.5 cm³/mol. The Labute approximate surface area is 117 Å². The van der Waals surface area contributed by atoms with Crippen LogP contribution in [0.25, 0.3) is 0 Å². The van der Waals surface area contributed by atoms with Crippen molar-refractivity contribution in [3.63, 3.8) is 0 Å². The molecule has 0 saturated carbocycles. The molecule has 1 aromatic carbocycles. The molecule has 0 saturated heterocycles. The molecule has 1 rings (SSSR count). The predicted octanol–water partition coefficient (Wildman–Crippen LogP) is 3.24. The van der Waals surface area contributed by atoms with Crippen molar-refractivity contribution in [2.24, 2.45) is 0 Å². The number of carbonyl (C=O) groups excluding carboxylic acids is 1. The molecule has 0 aliphatic rings. The van der Waals surface area contributed by atoms with Crippen LogP contribution in [0.4, 0.5) is 0 Å². The molecule has 5 heteroatoms. The van der Waals surface area contributed by atoms with Gasteiger partial charge in [0.25, 0.3) is 5.91 Å². The van der Waals surface area contributed by atoms with Crippen LogP contribution in [0.5, 0.6) is 5.75 Å². The minimum absolute atomic E-state index is 0.0621. The fraction of sp³-hybridized carbons (Fsp3) is 0.462. The first-order valence-corrected chi connectivity index (χ1v) is 6.46. The second-order valence-electron chi connectivity index (χ2n) is 4.63. The number of alkyl halides is 1. The number of hydrogen-bond donors (Lipinski definition) is 1. The molecule has 1 amide bonds. The van der Waals surface area contributed by atoms with E-state index in [1.54, 1.807) is 24.3 Å². The van der Waals surface area contributed by atoms with Gasteiger partial charge in [-0.25, -0.2) is 0 Å². The van der Waals surface area contributed by atoms with Gasteiger partial charge in [-0.15, -0.1) is 11.6 Å². The van der Waals surface area contributed by atoms with Gasteiger partial charge < -0.3 is 10.1 Å². The van der Waals surface area contributed by atoms with Gasteiger partial charge in [0.2, 0.25) is 0 Å². The van der Waals surface area contributed by atoms with Crippen LogP contribution in [0.2, 0.25) is 5.02 Å². The standard InChI is InChI=1S/C13H17Cl2NO2/c1-9(14)13(2,3)16-12(17)8-18-11-6-4-5-10(15)7-11/h4-7,9H,8H2,1-3H3,(H,16,17). The summed E-state index contributed by atoms with van der Waals surface area (Å²) in [5.41, 5.74) is -0.476. The summed E-state index contributed by atoms with van der Waals surface area (Å²) in [6.07, 6.45) is 0. The number of benzene rings is 1. The number of rotatable bonds is 5. The van der Waals surface area contributed by atoms with Crippen molar-refractivity contribution in [2.75, 3.05) is 6.61 Å². The largest absolute Gasteiger partial charge is 0.484 e. The quantitative estimate of drug-likeness (QED) is 0.845. The van der Waals surface area contributed by atoms with E-state index in [-0.39, 0.29) is 17.9 Å². The molecule has 0 aliphatic heterocycles. The van der Waals surface area contributed by atoms with E-state index >= 15 is 0 Å². The lowest BCUT2D eigenvalue weighted by Crippen LogP contribution is -2.50. The molecule has 0 aliphatic carbocycles. The van der Waals surface area contributed by atoms with E-state index in [0.717, 1.165) is 0 Å². The van der Waals surface area contributed by atoms with Gasteiger partial charge in [0.15, 0.2) is 6.61 Å². The van der Waals surface area contributed by atoms with Crippen LogP contribution in [0.3, 0.4) is 0 Å². The smallest absolute Gasteiger partial charge is 0.258 e. The molecule has 1 atom stereocenters. The topological polar surface area (TPSA) is 38.3 Å². The molecule has 18 heavy (non-hydrogen) atoms. The number of ether oxygens (including phenoxy) is 1. The third-order valence-electron chi connectivity index (χ3n) is 2.62. The van der Waals surface area contributed by atoms with Gasteiger partial charge in [-0.05, 0) is 39.0 Å². The minimum atomic E-state index is -0.476. The van der Waals surface area contributed by atoms with Crippen LogP contribution in [0.1, 0.15) is 20.8 Å². The van der Waals surface area contributed by atoms with Crippen molar-refractivity contribution in [3.05, 3.63) is 29.3 Å². The first kappa shape index (κ1) is 15.1. The lowest BCUT2D eigenvalue weighted by molar-refractivity contribution is -0.124. The third kappa shape index (κ3) is 4.75. The van der Waals surface area contributed by atoms with Crippen LogP contribution in [-0.2, 0) is 4.79 Å². The zero-order valence-corrected chi connectivity index (χ0v) is 12.2. The zero-order valence-electron chi connectivity index (χ0n) is 10.7. The maximum atomic E-state index is 11.7. The van der Waals surface area contributed by atoms with E-state index in [9.17, 15) is 4.79 Å². The number of carbonyl (C=O) groups is 1. The lowest BCUT2D eigenvalue weighted by atomic mass is 10.0. The highest BCUT2D eigenvalue weighted by molar-refractivity contribution is 6.30. The molecule has 1 unspecified atom stereocenters. The molecule has 1 N–H and O–H groups in total. The Bertz CT molecular complexity index is 419. The molecule has 100 valence electrons. The van der Waals surface area contributed by atoms with Gasteiger partial charge in [-0.3, -0.25) is 4.79 Å². The van der Waals surface area contributed by atoms with E-state index in [2.05, 4.69) is 5.32 Å². The lowest BCUT2D eigenvalue weighted by Gasteiger charge is -2.28. The van der Waals surface area contributed by atoms with Gasteiger partial charge in [-0.1, -0.05) is 17.7 Å². The Kier molecular flexibility index (Phi) is 5.29. The Balaban J connectivity index is 2.47. The summed E-state index contributed by atoms with van der Waals surface area (Å²) in [4.78, 5) is 11.7. The van der Waals surface area contributed by atoms with Crippen LogP contribution in [0, 0.1) is 0 Å². The molecule has 0 radical (unpaired) electrons. The monoisotopic (exact) mass is 289 g/mol. The Hall–Kier alpha value is -0.930. The van der Waals surface area contributed by atoms with Crippen molar-refractivity contribution in [1.29, 1.82) is 0 Å². The van der Waals surface area contributed by atoms with E-state index in [0.29, 0.717) is 10.8 Å². The fourth-order valence-corrected chi connectivity index (χ4v) is 1.44. The van der Waals surface area contributed by atoms with Gasteiger partial charge in [0.05, 0.1) is 10.9 Å². The Morgan fingerprint density at radius 3 is 2.72 bits per heavy atom. The summed E-state index contributed by atoms with van der Waals surface area (Å²) in [6.45, 7) is 5.50. The average molecular weight is 290 g/mol. The normalized spacial score (nSPS) is 12.9. The van der Waals surface area contributed by atoms with Crippen molar-refractivity contribution in [1.82, 2.24) is 5.32 Å². The molecule has 0 fully saturated rings. The summed E-state index contributed by atoms with van der Waals surface area (Å²) in [6, 6.07) is 6.91. The summed E-state index contributed by atoms with van der Waals surface area (Å²) < 4.78 is 5.33. The highest BCUT2D eigenvalue weighted by Crippen LogP contribution is 2.17. The molecular formula is C13H17Cl2NO2. The average Bonchev–Trinajstić information content (AvgIpc) is 2.25. The molecule has 0 heterocycles. The van der Waals surface area contributed by atoms with Crippen molar-refractivity contribution < 1.29 is 9.53 Å². The van der Waals surface area contributed by atoms with Gasteiger partial charge in [0.1, 0.15) is 5.75 Å². The molecule has 1 aromatic rings. The number of nitrogens with one attached hydrogen (secondary N) is 1. The maximum Gasteiger partial charge on any atom is 0.258 e. The fourth-order valence-electron chi connectivity index (χ4n) is 1.20. The highest BCUT2D eigenvalue weighted by Gasteiger charge is 2.26. The molecule has 0 bridgehead atoms. The second kappa shape index (κ2) is 6.30. The summed E-state index contributed by atoms with van der Waals surface area (Å²) in [5, 5.41) is 3.21. The Morgan fingerprint density at radius 1 is 1.50 bits per heavy atom. The summed E-state index contributed by atoms with van der Waals surface area (Å²) in [7, 11) is 0. The first-order valence-electron chi connectivity index (χ1n) is 5.65. The van der Waals surface area contributed by atoms with E-state index in [1.165, 1.54) is 0 Å². The van der Waals surface area contributed by atoms with Crippen molar-refractivity contribution in [3.8, 4) is 5.75 Å². The zero-order chi connectivity index (χ0) is 13.8. The van der Waals surface area contributed by atoms with Crippen LogP contribution >= 0.6 is 23.2 Å². The maximum absolute atomic E-state index is 11.7. The summed E-state index contributed by atoms with van der Waals surface area (Å²) in [5.74, 6) is 0.349. The molecule has 0 aromatic heterocycles. The number of hydrogen-bond acceptors (Lipinski definition) is 2. The number of halogens is 2. The van der Waals surface area contributed by atoms with Gasteiger partial charge >= 0.3 is 0 Å². The Morgan fingerprint density at radius 2 is 2.17 bits per heavy atom. The highest BCUT2D eigenvalue weighted by atomic mass is 35.5. The first-order chi connectivity index (χ1) is 8.31. The van der Waals surface area contributed by atoms with Gasteiger partial charge in [0, 0.05) is 5.02 Å². The molecular weight excluding hydrogens is 273 g/mol. The molecule has 3 nitrogen and oxygen atoms in total. The van der Waals surface area contributed by atoms with Crippen LogP contribution in [-0.4, -0.2) is 23.4 Å². The number of amides is 1. The minimum Gasteiger partial charge on any atom is -0.484 e. The summed E-state index contributed by atoms with van der Waals surface area (Å²) >= 11 is 11.8. The SMILES string of the molecule is CC(Cl)C(C)(C)NC(=O)COc1cccc(Cl)c1. The van der Waals surface area contributed by atoms with Crippen molar-refractivity contribution >= 4 is 29.1 Å². The third-order valence-corrected chi connectivity index (χ3v) is 3.40. The second-order valence-corrected chi connectivity index (χ2v) is 5.72.